The molecule has 6 nitrogen and oxygen atoms in total. The van der Waals surface area contributed by atoms with Gasteiger partial charge in [-0.25, -0.2) is 9.59 Å². The molecule has 0 saturated heterocycles. The maximum Gasteiger partial charge on any atom is 0.339 e. The van der Waals surface area contributed by atoms with Gasteiger partial charge in [0, 0.05) is 6.08 Å². The molecule has 0 spiro atoms. The second kappa shape index (κ2) is 9.19. The number of nitrogens with one attached hydrogen (secondary N) is 1. The average molecular weight is 395 g/mol. The van der Waals surface area contributed by atoms with E-state index in [0.717, 1.165) is 5.56 Å². The summed E-state index contributed by atoms with van der Waals surface area (Å²) in [5.41, 5.74) is 2.62. The molecular formula is C23H25NO5. The molecule has 0 aliphatic carbocycles. The van der Waals surface area contributed by atoms with Gasteiger partial charge in [0.05, 0.1) is 31.0 Å². The summed E-state index contributed by atoms with van der Waals surface area (Å²) in [5.74, 6) is -1.65. The van der Waals surface area contributed by atoms with Crippen molar-refractivity contribution in [3.05, 3.63) is 70.8 Å². The summed E-state index contributed by atoms with van der Waals surface area (Å²) >= 11 is 0. The summed E-state index contributed by atoms with van der Waals surface area (Å²) in [7, 11) is 2.49. The number of rotatable bonds is 5. The molecule has 29 heavy (non-hydrogen) atoms. The number of methoxy groups -OCH3 is 2. The number of carbonyl (C=O) groups is 3. The Kier molecular flexibility index (Phi) is 6.93. The summed E-state index contributed by atoms with van der Waals surface area (Å²) in [4.78, 5) is 36.1. The molecule has 2 rings (SSSR count). The van der Waals surface area contributed by atoms with E-state index >= 15 is 0 Å². The van der Waals surface area contributed by atoms with Crippen LogP contribution >= 0.6 is 0 Å². The van der Waals surface area contributed by atoms with Gasteiger partial charge < -0.3 is 14.8 Å². The first kappa shape index (κ1) is 21.9. The lowest BCUT2D eigenvalue weighted by molar-refractivity contribution is -0.111. The molecule has 0 fully saturated rings. The van der Waals surface area contributed by atoms with E-state index in [1.807, 2.05) is 24.3 Å². The molecule has 0 radical (unpaired) electrons. The number of esters is 2. The van der Waals surface area contributed by atoms with Crippen LogP contribution < -0.4 is 5.32 Å². The largest absolute Gasteiger partial charge is 0.465 e. The molecule has 0 saturated carbocycles. The molecule has 0 atom stereocenters. The van der Waals surface area contributed by atoms with E-state index in [-0.39, 0.29) is 22.2 Å². The molecular weight excluding hydrogens is 370 g/mol. The zero-order valence-corrected chi connectivity index (χ0v) is 17.2. The van der Waals surface area contributed by atoms with Gasteiger partial charge in [0.2, 0.25) is 5.91 Å². The van der Waals surface area contributed by atoms with Crippen LogP contribution in [0.3, 0.4) is 0 Å². The van der Waals surface area contributed by atoms with Gasteiger partial charge in [-0.2, -0.15) is 0 Å². The topological polar surface area (TPSA) is 81.7 Å². The zero-order valence-electron chi connectivity index (χ0n) is 17.2. The molecule has 1 N–H and O–H groups in total. The predicted molar refractivity (Wildman–Crippen MR) is 112 cm³/mol. The van der Waals surface area contributed by atoms with Crippen molar-refractivity contribution in [1.82, 2.24) is 0 Å². The zero-order chi connectivity index (χ0) is 21.6. The van der Waals surface area contributed by atoms with Crippen LogP contribution in [-0.2, 0) is 19.7 Å². The third-order valence-corrected chi connectivity index (χ3v) is 4.31. The Balaban J connectivity index is 2.21. The number of anilines is 1. The van der Waals surface area contributed by atoms with Gasteiger partial charge >= 0.3 is 11.9 Å². The van der Waals surface area contributed by atoms with Gasteiger partial charge in [-0.15, -0.1) is 0 Å². The Hall–Kier alpha value is -3.41. The van der Waals surface area contributed by atoms with Crippen LogP contribution in [-0.4, -0.2) is 32.1 Å². The van der Waals surface area contributed by atoms with Crippen molar-refractivity contribution in [2.45, 2.75) is 26.2 Å². The number of hydrogen-bond acceptors (Lipinski definition) is 5. The van der Waals surface area contributed by atoms with E-state index in [1.165, 1.54) is 44.1 Å². The number of ether oxygens (including phenoxy) is 2. The highest BCUT2D eigenvalue weighted by molar-refractivity contribution is 6.07. The maximum atomic E-state index is 12.4. The van der Waals surface area contributed by atoms with Gasteiger partial charge in [0.25, 0.3) is 0 Å². The van der Waals surface area contributed by atoms with Gasteiger partial charge in [0.15, 0.2) is 0 Å². The highest BCUT2D eigenvalue weighted by atomic mass is 16.5. The smallest absolute Gasteiger partial charge is 0.339 e. The van der Waals surface area contributed by atoms with Crippen LogP contribution in [0.2, 0.25) is 0 Å². The van der Waals surface area contributed by atoms with Crippen molar-refractivity contribution >= 4 is 29.6 Å². The second-order valence-electron chi connectivity index (χ2n) is 7.44. The number of benzene rings is 2. The molecule has 6 heteroatoms. The number of carbonyl (C=O) groups excluding carboxylic acids is 3. The van der Waals surface area contributed by atoms with Crippen LogP contribution in [0, 0.1) is 0 Å². The minimum atomic E-state index is -0.626. The lowest BCUT2D eigenvalue weighted by atomic mass is 9.87. The second-order valence-corrected chi connectivity index (χ2v) is 7.44. The van der Waals surface area contributed by atoms with Crippen molar-refractivity contribution in [2.24, 2.45) is 0 Å². The lowest BCUT2D eigenvalue weighted by Crippen LogP contribution is -2.14. The van der Waals surface area contributed by atoms with Gasteiger partial charge in [-0.1, -0.05) is 45.0 Å². The quantitative estimate of drug-likeness (QED) is 0.606. The summed E-state index contributed by atoms with van der Waals surface area (Å²) in [6, 6.07) is 12.1. The lowest BCUT2D eigenvalue weighted by Gasteiger charge is -2.18. The predicted octanol–water partition coefficient (Wildman–Crippen LogP) is 4.21. The highest BCUT2D eigenvalue weighted by Gasteiger charge is 2.17. The summed E-state index contributed by atoms with van der Waals surface area (Å²) in [5, 5.41) is 2.62. The van der Waals surface area contributed by atoms with E-state index in [9.17, 15) is 14.4 Å². The van der Waals surface area contributed by atoms with Gasteiger partial charge in [-0.05, 0) is 40.8 Å². The normalized spacial score (nSPS) is 11.2. The maximum absolute atomic E-state index is 12.4. The van der Waals surface area contributed by atoms with E-state index in [2.05, 4.69) is 30.8 Å². The Morgan fingerprint density at radius 1 is 0.897 bits per heavy atom. The van der Waals surface area contributed by atoms with E-state index in [4.69, 9.17) is 4.74 Å². The molecule has 0 heterocycles. The fourth-order valence-electron chi connectivity index (χ4n) is 2.62. The SMILES string of the molecule is COC(=O)c1ccc(C(=O)OC)c(NC(=O)/C=C\c2ccc(C(C)(C)C)cc2)c1. The van der Waals surface area contributed by atoms with Crippen molar-refractivity contribution in [3.63, 3.8) is 0 Å². The number of amides is 1. The Labute approximate surface area is 170 Å². The van der Waals surface area contributed by atoms with Crippen molar-refractivity contribution < 1.29 is 23.9 Å². The van der Waals surface area contributed by atoms with Gasteiger partial charge in [-0.3, -0.25) is 4.79 Å². The molecule has 0 unspecified atom stereocenters. The highest BCUT2D eigenvalue weighted by Crippen LogP contribution is 2.23. The van der Waals surface area contributed by atoms with Crippen molar-refractivity contribution in [3.8, 4) is 0 Å². The summed E-state index contributed by atoms with van der Waals surface area (Å²) in [6.07, 6.45) is 3.03. The monoisotopic (exact) mass is 395 g/mol. The Bertz CT molecular complexity index is 937. The first-order valence-electron chi connectivity index (χ1n) is 9.06. The molecule has 0 aliphatic heterocycles. The molecule has 0 aliphatic rings. The van der Waals surface area contributed by atoms with E-state index in [0.29, 0.717) is 0 Å². The van der Waals surface area contributed by atoms with Crippen LogP contribution in [0.25, 0.3) is 6.08 Å². The third kappa shape index (κ3) is 5.78. The summed E-state index contributed by atoms with van der Waals surface area (Å²) < 4.78 is 9.41. The molecule has 1 amide bonds. The van der Waals surface area contributed by atoms with Crippen LogP contribution in [0.4, 0.5) is 5.69 Å². The van der Waals surface area contributed by atoms with Crippen LogP contribution in [0.5, 0.6) is 0 Å². The standard InChI is InChI=1S/C23H25NO5/c1-23(2,3)17-10-6-15(7-11-17)8-13-20(25)24-19-14-16(21(26)28-4)9-12-18(19)22(27)29-5/h6-14H,1-5H3,(H,24,25)/b13-8-. The van der Waals surface area contributed by atoms with E-state index < -0.39 is 17.8 Å². The van der Waals surface area contributed by atoms with Gasteiger partial charge in [0.1, 0.15) is 0 Å². The molecule has 0 bridgehead atoms. The van der Waals surface area contributed by atoms with Crippen LogP contribution in [0.1, 0.15) is 52.6 Å². The number of hydrogen-bond donors (Lipinski definition) is 1. The van der Waals surface area contributed by atoms with Crippen LogP contribution in [0.15, 0.2) is 48.5 Å². The van der Waals surface area contributed by atoms with Crippen molar-refractivity contribution in [1.29, 1.82) is 0 Å². The fraction of sp³-hybridized carbons (Fsp3) is 0.261. The first-order valence-corrected chi connectivity index (χ1v) is 9.06. The molecule has 152 valence electrons. The minimum absolute atomic E-state index is 0.0502. The fourth-order valence-corrected chi connectivity index (χ4v) is 2.62. The third-order valence-electron chi connectivity index (χ3n) is 4.31. The Morgan fingerprint density at radius 3 is 2.07 bits per heavy atom. The Morgan fingerprint density at radius 2 is 1.52 bits per heavy atom. The van der Waals surface area contributed by atoms with E-state index in [1.54, 1.807) is 6.08 Å². The van der Waals surface area contributed by atoms with Crippen molar-refractivity contribution in [2.75, 3.05) is 19.5 Å². The first-order chi connectivity index (χ1) is 13.7. The molecule has 2 aromatic rings. The summed E-state index contributed by atoms with van der Waals surface area (Å²) in [6.45, 7) is 6.39. The minimum Gasteiger partial charge on any atom is -0.465 e. The molecule has 2 aromatic carbocycles. The molecule has 0 aromatic heterocycles. The average Bonchev–Trinajstić information content (AvgIpc) is 2.70.